The van der Waals surface area contributed by atoms with E-state index in [1.54, 1.807) is 16.8 Å². The molecule has 0 saturated heterocycles. The fourth-order valence-corrected chi connectivity index (χ4v) is 5.08. The maximum atomic E-state index is 11.8. The first-order chi connectivity index (χ1) is 17.3. The van der Waals surface area contributed by atoms with Gasteiger partial charge in [0, 0.05) is 57.7 Å². The molecule has 0 saturated carbocycles. The Hall–Kier alpha value is -1.30. The molecule has 0 aliphatic carbocycles. The molecule has 0 rings (SSSR count). The van der Waals surface area contributed by atoms with Gasteiger partial charge in [0.1, 0.15) is 6.61 Å². The molecule has 1 unspecified atom stereocenters. The molecular formula is C27H55N4O5P. The van der Waals surface area contributed by atoms with E-state index in [9.17, 15) is 9.59 Å². The summed E-state index contributed by atoms with van der Waals surface area (Å²) in [6.45, 7) is 26.1. The highest BCUT2D eigenvalue weighted by Gasteiger charge is 2.27. The number of carbonyl (C=O) groups excluding carboxylic acids is 2. The van der Waals surface area contributed by atoms with E-state index in [4.69, 9.17) is 20.7 Å². The molecule has 1 N–H and O–H groups in total. The average Bonchev–Trinajstić information content (AvgIpc) is 2.82. The van der Waals surface area contributed by atoms with Crippen LogP contribution in [-0.4, -0.2) is 97.0 Å². The van der Waals surface area contributed by atoms with Crippen LogP contribution in [0.1, 0.15) is 81.1 Å². The van der Waals surface area contributed by atoms with E-state index in [2.05, 4.69) is 37.2 Å². The van der Waals surface area contributed by atoms with Gasteiger partial charge < -0.3 is 28.8 Å². The first-order valence-corrected chi connectivity index (χ1v) is 14.7. The van der Waals surface area contributed by atoms with Crippen LogP contribution in [0.5, 0.6) is 0 Å². The largest absolute Gasteiger partial charge is 0.396 e. The van der Waals surface area contributed by atoms with E-state index in [0.717, 1.165) is 38.8 Å². The summed E-state index contributed by atoms with van der Waals surface area (Å²) in [5.74, 6) is 0.462. The second kappa shape index (κ2) is 22.7. The highest BCUT2D eigenvalue weighted by Crippen LogP contribution is 2.45. The van der Waals surface area contributed by atoms with E-state index in [1.807, 2.05) is 34.7 Å². The number of hydrogen-bond acceptors (Lipinski definition) is 6. The molecule has 218 valence electrons. The van der Waals surface area contributed by atoms with Gasteiger partial charge in [-0.25, -0.2) is 11.2 Å². The van der Waals surface area contributed by atoms with Crippen LogP contribution in [0.3, 0.4) is 0 Å². The van der Waals surface area contributed by atoms with Gasteiger partial charge in [0.25, 0.3) is 8.53 Å². The maximum Gasteiger partial charge on any atom is 0.259 e. The van der Waals surface area contributed by atoms with Crippen molar-refractivity contribution in [3.8, 4) is 0 Å². The topological polar surface area (TPSA) is 86.9 Å². The molecule has 0 aromatic carbocycles. The lowest BCUT2D eigenvalue weighted by Gasteiger charge is -2.35. The summed E-state index contributed by atoms with van der Waals surface area (Å²) in [5.41, 5.74) is 0. The van der Waals surface area contributed by atoms with Crippen molar-refractivity contribution < 1.29 is 23.7 Å². The molecule has 0 aliphatic heterocycles. The highest BCUT2D eigenvalue weighted by molar-refractivity contribution is 7.44. The predicted octanol–water partition coefficient (Wildman–Crippen LogP) is 5.05. The Labute approximate surface area is 228 Å². The van der Waals surface area contributed by atoms with Gasteiger partial charge in [-0.15, -0.1) is 0 Å². The Morgan fingerprint density at radius 3 is 1.59 bits per heavy atom. The van der Waals surface area contributed by atoms with Crippen LogP contribution in [0.15, 0.2) is 0 Å². The summed E-state index contributed by atoms with van der Waals surface area (Å²) < 4.78 is 14.1. The minimum Gasteiger partial charge on any atom is -0.396 e. The zero-order valence-corrected chi connectivity index (χ0v) is 26.1. The third-order valence-electron chi connectivity index (χ3n) is 5.38. The molecule has 0 aromatic rings. The number of amides is 2. The van der Waals surface area contributed by atoms with E-state index in [1.165, 1.54) is 0 Å². The van der Waals surface area contributed by atoms with Crippen molar-refractivity contribution in [3.05, 3.63) is 11.4 Å². The first-order valence-electron chi connectivity index (χ1n) is 13.6. The van der Waals surface area contributed by atoms with Crippen molar-refractivity contribution in [2.75, 3.05) is 53.6 Å². The Kier molecular flexibility index (Phi) is 23.2. The van der Waals surface area contributed by atoms with E-state index >= 15 is 0 Å². The van der Waals surface area contributed by atoms with Gasteiger partial charge in [-0.05, 0) is 53.4 Å². The van der Waals surface area contributed by atoms with Crippen LogP contribution in [0, 0.1) is 18.4 Å². The molecule has 2 amide bonds. The molecule has 0 bridgehead atoms. The quantitative estimate of drug-likeness (QED) is 0.147. The number of carbonyl (C=O) groups is 2. The molecule has 0 fully saturated rings. The summed E-state index contributed by atoms with van der Waals surface area (Å²) in [7, 11) is 2.50. The lowest BCUT2D eigenvalue weighted by molar-refractivity contribution is -0.133. The fraction of sp³-hybridized carbons (Fsp3) is 0.889. The second-order valence-corrected chi connectivity index (χ2v) is 11.8. The van der Waals surface area contributed by atoms with Crippen molar-refractivity contribution in [2.45, 2.75) is 93.2 Å². The maximum absolute atomic E-state index is 11.8. The third-order valence-corrected chi connectivity index (χ3v) is 7.49. The van der Waals surface area contributed by atoms with E-state index in [0.29, 0.717) is 31.8 Å². The number of aliphatic hydroxyl groups is 1. The van der Waals surface area contributed by atoms with Gasteiger partial charge in [-0.3, -0.25) is 9.59 Å². The molecule has 1 atom stereocenters. The normalized spacial score (nSPS) is 12.1. The van der Waals surface area contributed by atoms with Crippen LogP contribution < -0.4 is 0 Å². The Bertz CT molecular complexity index is 633. The summed E-state index contributed by atoms with van der Waals surface area (Å²) in [4.78, 5) is 30.0. The molecule has 0 aliphatic rings. The van der Waals surface area contributed by atoms with E-state index < -0.39 is 8.53 Å². The van der Waals surface area contributed by atoms with Crippen molar-refractivity contribution >= 4 is 20.3 Å². The van der Waals surface area contributed by atoms with Crippen LogP contribution in [-0.2, 0) is 18.6 Å². The van der Waals surface area contributed by atoms with Crippen molar-refractivity contribution in [2.24, 2.45) is 11.8 Å². The molecular weight excluding hydrogens is 491 g/mol. The zero-order valence-electron chi connectivity index (χ0n) is 25.2. The molecule has 0 radical (unpaired) electrons. The van der Waals surface area contributed by atoms with Crippen LogP contribution >= 0.6 is 8.53 Å². The summed E-state index contributed by atoms with van der Waals surface area (Å²) in [6.07, 6.45) is 3.44. The van der Waals surface area contributed by atoms with Crippen molar-refractivity contribution in [3.63, 3.8) is 0 Å². The minimum absolute atomic E-state index is 0.0376. The summed E-state index contributed by atoms with van der Waals surface area (Å²) >= 11 is 0. The lowest BCUT2D eigenvalue weighted by atomic mass is 10.2. The smallest absolute Gasteiger partial charge is 0.259 e. The van der Waals surface area contributed by atoms with Crippen LogP contribution in [0.25, 0.3) is 4.85 Å². The Morgan fingerprint density at radius 1 is 0.784 bits per heavy atom. The molecule has 0 spiro atoms. The fourth-order valence-electron chi connectivity index (χ4n) is 3.46. The summed E-state index contributed by atoms with van der Waals surface area (Å²) in [6, 6.07) is 0.627. The summed E-state index contributed by atoms with van der Waals surface area (Å²) in [5, 5.41) is 8.52. The van der Waals surface area contributed by atoms with Crippen molar-refractivity contribution in [1.29, 1.82) is 0 Å². The van der Waals surface area contributed by atoms with Crippen LogP contribution in [0.2, 0.25) is 0 Å². The van der Waals surface area contributed by atoms with Crippen molar-refractivity contribution in [1.82, 2.24) is 14.5 Å². The number of aliphatic hydroxyl groups excluding tert-OH is 1. The molecule has 0 aromatic heterocycles. The van der Waals surface area contributed by atoms with Gasteiger partial charge in [-0.2, -0.15) is 0 Å². The monoisotopic (exact) mass is 546 g/mol. The minimum atomic E-state index is -1.16. The van der Waals surface area contributed by atoms with Gasteiger partial charge in [0.15, 0.2) is 0 Å². The van der Waals surface area contributed by atoms with Gasteiger partial charge in [0.2, 0.25) is 18.4 Å². The number of hydrogen-bond donors (Lipinski definition) is 1. The Morgan fingerprint density at radius 2 is 1.22 bits per heavy atom. The van der Waals surface area contributed by atoms with Crippen LogP contribution in [0.4, 0.5) is 0 Å². The number of nitrogens with zero attached hydrogens (tertiary/aromatic N) is 4. The zero-order chi connectivity index (χ0) is 29.0. The Balaban J connectivity index is 0. The van der Waals surface area contributed by atoms with Gasteiger partial charge in [-0.1, -0.05) is 27.7 Å². The molecule has 37 heavy (non-hydrogen) atoms. The highest BCUT2D eigenvalue weighted by atomic mass is 31.2. The second-order valence-electron chi connectivity index (χ2n) is 10.3. The van der Waals surface area contributed by atoms with Gasteiger partial charge >= 0.3 is 0 Å². The van der Waals surface area contributed by atoms with Gasteiger partial charge in [0.05, 0.1) is 6.61 Å². The standard InChI is InChI=1S/C18H36N3O3P.C9H19NO2/c1-15(2)18(22)20(8)12-9-10-13-23-25(24-14-11-19-7)21(16(3)4)17(5)6;1-8(2)9(12)10(3)6-4-5-7-11/h15-17H,9-14H2,1-6,8H3;8,11H,4-7H2,1-3H3. The third kappa shape index (κ3) is 18.6. The predicted molar refractivity (Wildman–Crippen MR) is 153 cm³/mol. The number of rotatable bonds is 18. The SMILES string of the molecule is CC(C)C(=O)N(C)CCCCO.[C-]#[N+]CCOP(OCCCCN(C)C(=O)C(C)C)N(C(C)C)C(C)C. The molecule has 0 heterocycles. The lowest BCUT2D eigenvalue weighted by Crippen LogP contribution is -2.34. The first kappa shape index (κ1) is 37.9. The number of unbranched alkanes of at least 4 members (excludes halogenated alkanes) is 2. The molecule has 9 nitrogen and oxygen atoms in total. The average molecular weight is 547 g/mol. The van der Waals surface area contributed by atoms with E-state index in [-0.39, 0.29) is 30.3 Å². The molecule has 10 heteroatoms.